The second-order valence-electron chi connectivity index (χ2n) is 7.99. The molecule has 5 heteroatoms. The van der Waals surface area contributed by atoms with Crippen LogP contribution in [0.1, 0.15) is 35.1 Å². The summed E-state index contributed by atoms with van der Waals surface area (Å²) >= 11 is 0. The number of aromatic nitrogens is 4. The molecule has 0 saturated carbocycles. The van der Waals surface area contributed by atoms with E-state index in [0.717, 1.165) is 0 Å². The summed E-state index contributed by atoms with van der Waals surface area (Å²) in [4.78, 5) is 4.09. The Labute approximate surface area is 195 Å². The molecule has 0 atom stereocenters. The van der Waals surface area contributed by atoms with Crippen LogP contribution in [-0.4, -0.2) is 14.1 Å². The van der Waals surface area contributed by atoms with E-state index in [0.29, 0.717) is 0 Å². The van der Waals surface area contributed by atoms with Gasteiger partial charge in [-0.25, -0.2) is 14.1 Å². The molecule has 0 bridgehead atoms. The van der Waals surface area contributed by atoms with Crippen LogP contribution in [0.4, 0.5) is 0 Å². The number of imidazole rings is 2. The van der Waals surface area contributed by atoms with Gasteiger partial charge in [-0.2, -0.15) is 0 Å². The van der Waals surface area contributed by atoms with Gasteiger partial charge in [-0.3, -0.25) is 0 Å². The zero-order chi connectivity index (χ0) is 19.6. The van der Waals surface area contributed by atoms with Gasteiger partial charge >= 0.3 is 0 Å². The fourth-order valence-corrected chi connectivity index (χ4v) is 4.68. The van der Waals surface area contributed by atoms with Crippen LogP contribution < -0.4 is 28.5 Å². The predicted octanol–water partition coefficient (Wildman–Crippen LogP) is 1.16. The standard InChI is InChI=1S/C13H15N2.C12H12N2.HI/c1-14-8-9-15(10-14)13-7-3-5-11-4-2-6-12(11)13;1-3-10-4-2-6-12(11(10)5-1)14-8-7-13-9-14;/h3,5,7-10H,2,4,6H2,1H3;2,4,6-9H,1,3,5H2;1H/q+1;;/p-1. The van der Waals surface area contributed by atoms with E-state index in [1.165, 1.54) is 72.2 Å². The minimum Gasteiger partial charge on any atom is -1.00 e. The summed E-state index contributed by atoms with van der Waals surface area (Å²) in [7, 11) is 2.06. The molecule has 0 spiro atoms. The van der Waals surface area contributed by atoms with Crippen LogP contribution in [0.3, 0.4) is 0 Å². The zero-order valence-corrected chi connectivity index (χ0v) is 19.5. The van der Waals surface area contributed by atoms with Gasteiger partial charge in [0, 0.05) is 23.6 Å². The molecule has 2 aromatic heterocycles. The van der Waals surface area contributed by atoms with Crippen LogP contribution in [0.25, 0.3) is 11.4 Å². The minimum atomic E-state index is 0. The highest BCUT2D eigenvalue weighted by atomic mass is 127. The minimum absolute atomic E-state index is 0. The number of benzene rings is 2. The van der Waals surface area contributed by atoms with Gasteiger partial charge in [0.05, 0.1) is 13.4 Å². The molecule has 4 aromatic rings. The third-order valence-electron chi connectivity index (χ3n) is 6.07. The number of hydrogen-bond donors (Lipinski definition) is 0. The number of nitrogens with zero attached hydrogens (tertiary/aromatic N) is 4. The smallest absolute Gasteiger partial charge is 0.248 e. The normalized spacial score (nSPS) is 13.8. The summed E-state index contributed by atoms with van der Waals surface area (Å²) in [5.74, 6) is 0. The third kappa shape index (κ3) is 4.08. The second-order valence-corrected chi connectivity index (χ2v) is 7.99. The molecule has 154 valence electrons. The Hall–Kier alpha value is -2.41. The third-order valence-corrected chi connectivity index (χ3v) is 6.07. The molecule has 0 saturated heterocycles. The van der Waals surface area contributed by atoms with E-state index in [1.54, 1.807) is 0 Å². The Balaban J connectivity index is 0.000000141. The molecule has 2 aliphatic carbocycles. The van der Waals surface area contributed by atoms with Crippen molar-refractivity contribution in [3.63, 3.8) is 0 Å². The van der Waals surface area contributed by atoms with Crippen molar-refractivity contribution in [1.29, 1.82) is 0 Å². The average Bonchev–Trinajstić information content (AvgIpc) is 3.54. The average molecular weight is 510 g/mol. The van der Waals surface area contributed by atoms with Crippen LogP contribution in [0.5, 0.6) is 0 Å². The lowest BCUT2D eigenvalue weighted by atomic mass is 10.1. The quantitative estimate of drug-likeness (QED) is 0.294. The zero-order valence-electron chi connectivity index (χ0n) is 17.3. The molecule has 0 aliphatic heterocycles. The van der Waals surface area contributed by atoms with Crippen molar-refractivity contribution in [1.82, 2.24) is 14.1 Å². The summed E-state index contributed by atoms with van der Waals surface area (Å²) in [5, 5.41) is 0. The molecule has 2 aliphatic rings. The number of rotatable bonds is 2. The lowest BCUT2D eigenvalue weighted by Gasteiger charge is -2.08. The topological polar surface area (TPSA) is 26.6 Å². The molecule has 0 radical (unpaired) electrons. The van der Waals surface area contributed by atoms with Gasteiger partial charge in [0.1, 0.15) is 18.1 Å². The monoisotopic (exact) mass is 510 g/mol. The summed E-state index contributed by atoms with van der Waals surface area (Å²) in [6.45, 7) is 0. The van der Waals surface area contributed by atoms with Crippen molar-refractivity contribution in [3.05, 3.63) is 96.1 Å². The van der Waals surface area contributed by atoms with Gasteiger partial charge in [0.15, 0.2) is 0 Å². The van der Waals surface area contributed by atoms with E-state index in [-0.39, 0.29) is 24.0 Å². The maximum absolute atomic E-state index is 4.09. The summed E-state index contributed by atoms with van der Waals surface area (Å²) in [6.07, 6.45) is 19.5. The first kappa shape index (κ1) is 20.8. The van der Waals surface area contributed by atoms with Crippen LogP contribution in [0.2, 0.25) is 0 Å². The van der Waals surface area contributed by atoms with E-state index in [4.69, 9.17) is 0 Å². The van der Waals surface area contributed by atoms with Gasteiger partial charge in [-0.15, -0.1) is 0 Å². The highest BCUT2D eigenvalue weighted by molar-refractivity contribution is 5.49. The first-order chi connectivity index (χ1) is 14.3. The lowest BCUT2D eigenvalue weighted by molar-refractivity contribution is -0.670. The molecule has 0 N–H and O–H groups in total. The van der Waals surface area contributed by atoms with Gasteiger partial charge in [-0.1, -0.05) is 24.3 Å². The maximum Gasteiger partial charge on any atom is 0.248 e. The van der Waals surface area contributed by atoms with Gasteiger partial charge in [-0.05, 0) is 67.3 Å². The van der Waals surface area contributed by atoms with Crippen LogP contribution in [-0.2, 0) is 32.7 Å². The Bertz CT molecular complexity index is 1130. The van der Waals surface area contributed by atoms with Crippen LogP contribution >= 0.6 is 0 Å². The molecule has 2 heterocycles. The van der Waals surface area contributed by atoms with Gasteiger partial charge in [0.25, 0.3) is 0 Å². The number of aryl methyl sites for hydroxylation is 3. The summed E-state index contributed by atoms with van der Waals surface area (Å²) in [5.41, 5.74) is 8.74. The fraction of sp³-hybridized carbons (Fsp3) is 0.280. The Kier molecular flexibility index (Phi) is 6.37. The maximum atomic E-state index is 4.09. The van der Waals surface area contributed by atoms with Crippen molar-refractivity contribution in [2.45, 2.75) is 38.5 Å². The molecule has 0 unspecified atom stereocenters. The Morgan fingerprint density at radius 1 is 0.800 bits per heavy atom. The van der Waals surface area contributed by atoms with Crippen molar-refractivity contribution in [2.24, 2.45) is 7.05 Å². The first-order valence-electron chi connectivity index (χ1n) is 10.5. The number of fused-ring (bicyclic) bond motifs is 2. The molecule has 0 amide bonds. The fourth-order valence-electron chi connectivity index (χ4n) is 4.68. The molecule has 0 fully saturated rings. The summed E-state index contributed by atoms with van der Waals surface area (Å²) in [6, 6.07) is 13.2. The van der Waals surface area contributed by atoms with Crippen molar-refractivity contribution in [3.8, 4) is 11.4 Å². The van der Waals surface area contributed by atoms with E-state index in [9.17, 15) is 0 Å². The molecule has 30 heavy (non-hydrogen) atoms. The predicted molar refractivity (Wildman–Crippen MR) is 115 cm³/mol. The first-order valence-corrected chi connectivity index (χ1v) is 10.5. The van der Waals surface area contributed by atoms with E-state index >= 15 is 0 Å². The SMILES string of the molecule is C[n+]1ccn(-c2cccc3c2CCC3)c1.[I-].c1cc2c(c(-n3ccnc3)c1)CCC2. The molecule has 2 aromatic carbocycles. The number of hydrogen-bond acceptors (Lipinski definition) is 1. The number of halogens is 1. The molecular formula is C25H27IN4. The van der Waals surface area contributed by atoms with E-state index in [2.05, 4.69) is 80.9 Å². The summed E-state index contributed by atoms with van der Waals surface area (Å²) < 4.78 is 6.39. The molecular weight excluding hydrogens is 483 g/mol. The molecule has 4 nitrogen and oxygen atoms in total. The van der Waals surface area contributed by atoms with Crippen LogP contribution in [0, 0.1) is 0 Å². The van der Waals surface area contributed by atoms with E-state index in [1.807, 2.05) is 18.7 Å². The van der Waals surface area contributed by atoms with Gasteiger partial charge in [0.2, 0.25) is 6.33 Å². The van der Waals surface area contributed by atoms with Crippen molar-refractivity contribution in [2.75, 3.05) is 0 Å². The largest absolute Gasteiger partial charge is 1.00 e. The van der Waals surface area contributed by atoms with Gasteiger partial charge < -0.3 is 28.5 Å². The highest BCUT2D eigenvalue weighted by Crippen LogP contribution is 2.28. The van der Waals surface area contributed by atoms with Crippen LogP contribution in [0.15, 0.2) is 73.8 Å². The Morgan fingerprint density at radius 2 is 1.43 bits per heavy atom. The molecule has 6 rings (SSSR count). The Morgan fingerprint density at radius 3 is 1.97 bits per heavy atom. The lowest BCUT2D eigenvalue weighted by Crippen LogP contribution is -3.00. The second kappa shape index (κ2) is 9.16. The highest BCUT2D eigenvalue weighted by Gasteiger charge is 2.18. The van der Waals surface area contributed by atoms with Crippen molar-refractivity contribution >= 4 is 0 Å². The van der Waals surface area contributed by atoms with E-state index < -0.39 is 0 Å². The van der Waals surface area contributed by atoms with Crippen molar-refractivity contribution < 1.29 is 28.5 Å².